The summed E-state index contributed by atoms with van der Waals surface area (Å²) in [5, 5.41) is 7.22. The summed E-state index contributed by atoms with van der Waals surface area (Å²) < 4.78 is 0. The Kier molecular flexibility index (Phi) is 5.10. The number of amides is 1. The van der Waals surface area contributed by atoms with E-state index in [2.05, 4.69) is 10.6 Å². The second-order valence-electron chi connectivity index (χ2n) is 4.77. The summed E-state index contributed by atoms with van der Waals surface area (Å²) in [6.07, 6.45) is 0. The third kappa shape index (κ3) is 4.13. The van der Waals surface area contributed by atoms with Crippen molar-refractivity contribution in [3.8, 4) is 0 Å². The van der Waals surface area contributed by atoms with E-state index in [1.54, 1.807) is 18.2 Å². The number of rotatable bonds is 4. The minimum absolute atomic E-state index is 0.00360. The Labute approximate surface area is 134 Å². The third-order valence-electron chi connectivity index (χ3n) is 3.03. The molecule has 2 aromatic rings. The van der Waals surface area contributed by atoms with E-state index in [1.165, 1.54) is 6.92 Å². The van der Waals surface area contributed by atoms with Gasteiger partial charge in [-0.2, -0.15) is 0 Å². The van der Waals surface area contributed by atoms with Crippen molar-refractivity contribution in [3.63, 3.8) is 0 Å². The summed E-state index contributed by atoms with van der Waals surface area (Å²) in [5.41, 5.74) is 2.49. The highest BCUT2D eigenvalue weighted by Gasteiger charge is 2.11. The molecule has 0 saturated heterocycles. The molecule has 0 aromatic heterocycles. The smallest absolute Gasteiger partial charge is 0.221 e. The number of hydrogen-bond acceptors (Lipinski definition) is 2. The number of carbonyl (C=O) groups excluding carboxylic acids is 1. The maximum atomic E-state index is 11.1. The van der Waals surface area contributed by atoms with Crippen molar-refractivity contribution in [2.75, 3.05) is 10.6 Å². The highest BCUT2D eigenvalue weighted by molar-refractivity contribution is 6.39. The molecular formula is C16H16Cl2N2O. The molecule has 0 aliphatic carbocycles. The van der Waals surface area contributed by atoms with Crippen LogP contribution in [0.3, 0.4) is 0 Å². The van der Waals surface area contributed by atoms with Crippen molar-refractivity contribution in [3.05, 3.63) is 58.1 Å². The van der Waals surface area contributed by atoms with Crippen LogP contribution in [0, 0.1) is 0 Å². The lowest BCUT2D eigenvalue weighted by atomic mass is 10.1. The number of benzene rings is 2. The lowest BCUT2D eigenvalue weighted by molar-refractivity contribution is -0.114. The SMILES string of the molecule is CC(=O)Nc1cccc(C(C)Nc2c(Cl)cccc2Cl)c1. The van der Waals surface area contributed by atoms with Gasteiger partial charge in [-0.3, -0.25) is 4.79 Å². The molecule has 3 nitrogen and oxygen atoms in total. The van der Waals surface area contributed by atoms with E-state index in [4.69, 9.17) is 23.2 Å². The molecule has 110 valence electrons. The zero-order valence-electron chi connectivity index (χ0n) is 11.8. The summed E-state index contributed by atoms with van der Waals surface area (Å²) in [5.74, 6) is -0.0955. The first-order valence-corrected chi connectivity index (χ1v) is 7.31. The first kappa shape index (κ1) is 15.7. The van der Waals surface area contributed by atoms with Gasteiger partial charge in [-0.15, -0.1) is 0 Å². The first-order valence-electron chi connectivity index (χ1n) is 6.55. The van der Waals surface area contributed by atoms with Crippen LogP contribution in [-0.4, -0.2) is 5.91 Å². The van der Waals surface area contributed by atoms with Gasteiger partial charge in [0.15, 0.2) is 0 Å². The van der Waals surface area contributed by atoms with Gasteiger partial charge < -0.3 is 10.6 Å². The molecule has 0 radical (unpaired) electrons. The number of anilines is 2. The van der Waals surface area contributed by atoms with Crippen molar-refractivity contribution in [2.45, 2.75) is 19.9 Å². The van der Waals surface area contributed by atoms with Crippen LogP contribution in [0.5, 0.6) is 0 Å². The molecule has 0 fully saturated rings. The van der Waals surface area contributed by atoms with E-state index in [0.717, 1.165) is 11.3 Å². The number of para-hydroxylation sites is 1. The van der Waals surface area contributed by atoms with Crippen molar-refractivity contribution in [1.82, 2.24) is 0 Å². The molecule has 0 aliphatic rings. The molecule has 0 heterocycles. The summed E-state index contributed by atoms with van der Waals surface area (Å²) in [6.45, 7) is 3.49. The first-order chi connectivity index (χ1) is 9.97. The molecule has 2 rings (SSSR count). The van der Waals surface area contributed by atoms with Gasteiger partial charge in [0.2, 0.25) is 5.91 Å². The van der Waals surface area contributed by atoms with Crippen LogP contribution in [-0.2, 0) is 4.79 Å². The lowest BCUT2D eigenvalue weighted by Gasteiger charge is -2.18. The second kappa shape index (κ2) is 6.83. The van der Waals surface area contributed by atoms with Crippen molar-refractivity contribution in [1.29, 1.82) is 0 Å². The molecule has 5 heteroatoms. The fourth-order valence-corrected chi connectivity index (χ4v) is 2.53. The summed E-state index contributed by atoms with van der Waals surface area (Å²) in [7, 11) is 0. The van der Waals surface area contributed by atoms with Crippen LogP contribution < -0.4 is 10.6 Å². The Hall–Kier alpha value is -1.71. The fourth-order valence-electron chi connectivity index (χ4n) is 2.02. The van der Waals surface area contributed by atoms with E-state index < -0.39 is 0 Å². The Morgan fingerprint density at radius 3 is 2.33 bits per heavy atom. The number of nitrogens with one attached hydrogen (secondary N) is 2. The molecule has 1 atom stereocenters. The van der Waals surface area contributed by atoms with Gasteiger partial charge in [0, 0.05) is 18.7 Å². The standard InChI is InChI=1S/C16H16Cl2N2O/c1-10(19-16-14(17)7-4-8-15(16)18)12-5-3-6-13(9-12)20-11(2)21/h3-10,19H,1-2H3,(H,20,21). The van der Waals surface area contributed by atoms with Crippen molar-refractivity contribution < 1.29 is 4.79 Å². The predicted molar refractivity (Wildman–Crippen MR) is 89.2 cm³/mol. The maximum absolute atomic E-state index is 11.1. The van der Waals surface area contributed by atoms with Crippen LogP contribution in [0.4, 0.5) is 11.4 Å². The second-order valence-corrected chi connectivity index (χ2v) is 5.58. The fraction of sp³-hybridized carbons (Fsp3) is 0.188. The molecule has 0 aliphatic heterocycles. The molecule has 2 aromatic carbocycles. The monoisotopic (exact) mass is 322 g/mol. The molecule has 2 N–H and O–H groups in total. The molecular weight excluding hydrogens is 307 g/mol. The van der Waals surface area contributed by atoms with Crippen LogP contribution in [0.25, 0.3) is 0 Å². The lowest BCUT2D eigenvalue weighted by Crippen LogP contribution is -2.09. The number of carbonyl (C=O) groups is 1. The van der Waals surface area contributed by atoms with Crippen LogP contribution in [0.1, 0.15) is 25.5 Å². The highest BCUT2D eigenvalue weighted by atomic mass is 35.5. The van der Waals surface area contributed by atoms with E-state index in [1.807, 2.05) is 31.2 Å². The van der Waals surface area contributed by atoms with E-state index in [0.29, 0.717) is 15.7 Å². The minimum atomic E-state index is -0.0955. The average molecular weight is 323 g/mol. The van der Waals surface area contributed by atoms with Crippen LogP contribution in [0.2, 0.25) is 10.0 Å². The van der Waals surface area contributed by atoms with Crippen LogP contribution >= 0.6 is 23.2 Å². The summed E-state index contributed by atoms with van der Waals surface area (Å²) in [4.78, 5) is 11.1. The molecule has 0 saturated carbocycles. The van der Waals surface area contributed by atoms with Gasteiger partial charge in [-0.1, -0.05) is 41.4 Å². The molecule has 0 spiro atoms. The molecule has 1 unspecified atom stereocenters. The Balaban J connectivity index is 2.20. The summed E-state index contributed by atoms with van der Waals surface area (Å²) in [6, 6.07) is 13.0. The van der Waals surface area contributed by atoms with Gasteiger partial charge in [0.1, 0.15) is 0 Å². The number of hydrogen-bond donors (Lipinski definition) is 2. The molecule has 1 amide bonds. The van der Waals surface area contributed by atoms with E-state index >= 15 is 0 Å². The maximum Gasteiger partial charge on any atom is 0.221 e. The number of halogens is 2. The topological polar surface area (TPSA) is 41.1 Å². The van der Waals surface area contributed by atoms with Gasteiger partial charge >= 0.3 is 0 Å². The Morgan fingerprint density at radius 1 is 1.10 bits per heavy atom. The van der Waals surface area contributed by atoms with E-state index in [-0.39, 0.29) is 11.9 Å². The Bertz CT molecular complexity index is 638. The quantitative estimate of drug-likeness (QED) is 0.819. The summed E-state index contributed by atoms with van der Waals surface area (Å²) >= 11 is 12.3. The minimum Gasteiger partial charge on any atom is -0.376 e. The zero-order chi connectivity index (χ0) is 15.4. The van der Waals surface area contributed by atoms with Gasteiger partial charge in [0.05, 0.1) is 15.7 Å². The molecule has 0 bridgehead atoms. The normalized spacial score (nSPS) is 11.8. The van der Waals surface area contributed by atoms with Gasteiger partial charge in [0.25, 0.3) is 0 Å². The van der Waals surface area contributed by atoms with Gasteiger partial charge in [-0.05, 0) is 36.8 Å². The molecule has 21 heavy (non-hydrogen) atoms. The van der Waals surface area contributed by atoms with Gasteiger partial charge in [-0.25, -0.2) is 0 Å². The average Bonchev–Trinajstić information content (AvgIpc) is 2.42. The van der Waals surface area contributed by atoms with Crippen molar-refractivity contribution in [2.24, 2.45) is 0 Å². The Morgan fingerprint density at radius 2 is 1.71 bits per heavy atom. The van der Waals surface area contributed by atoms with E-state index in [9.17, 15) is 4.79 Å². The predicted octanol–water partition coefficient (Wildman–Crippen LogP) is 5.12. The van der Waals surface area contributed by atoms with Crippen LogP contribution in [0.15, 0.2) is 42.5 Å². The largest absolute Gasteiger partial charge is 0.376 e. The third-order valence-corrected chi connectivity index (χ3v) is 3.66. The zero-order valence-corrected chi connectivity index (χ0v) is 13.3. The van der Waals surface area contributed by atoms with Crippen molar-refractivity contribution >= 4 is 40.5 Å². The highest BCUT2D eigenvalue weighted by Crippen LogP contribution is 2.33.